The lowest BCUT2D eigenvalue weighted by atomic mass is 10.4. The molecule has 94 valence electrons. The first-order chi connectivity index (χ1) is 7.38. The van der Waals surface area contributed by atoms with E-state index in [1.807, 2.05) is 6.92 Å². The zero-order valence-electron chi connectivity index (χ0n) is 9.69. The molecule has 1 aliphatic heterocycles. The van der Waals surface area contributed by atoms with Crippen molar-refractivity contribution in [3.8, 4) is 0 Å². The molecule has 0 saturated carbocycles. The van der Waals surface area contributed by atoms with Gasteiger partial charge in [0.1, 0.15) is 9.84 Å². The summed E-state index contributed by atoms with van der Waals surface area (Å²) in [6.07, 6.45) is 1.22. The minimum atomic E-state index is -2.94. The molecule has 0 radical (unpaired) electrons. The van der Waals surface area contributed by atoms with E-state index in [0.29, 0.717) is 19.6 Å². The van der Waals surface area contributed by atoms with E-state index in [2.05, 4.69) is 10.6 Å². The normalized spacial score (nSPS) is 18.6. The fraction of sp³-hybridized carbons (Fsp3) is 0.889. The van der Waals surface area contributed by atoms with Gasteiger partial charge in [-0.05, 0) is 6.92 Å². The number of carbonyl (C=O) groups excluding carboxylic acids is 1. The van der Waals surface area contributed by atoms with Crippen molar-refractivity contribution in [2.24, 2.45) is 0 Å². The van der Waals surface area contributed by atoms with Crippen molar-refractivity contribution < 1.29 is 13.2 Å². The fourth-order valence-electron chi connectivity index (χ4n) is 1.68. The lowest BCUT2D eigenvalue weighted by Crippen LogP contribution is -2.39. The molecule has 6 nitrogen and oxygen atoms in total. The molecule has 2 amide bonds. The molecule has 1 aliphatic rings. The van der Waals surface area contributed by atoms with Crippen LogP contribution >= 0.6 is 0 Å². The van der Waals surface area contributed by atoms with E-state index < -0.39 is 9.84 Å². The van der Waals surface area contributed by atoms with Crippen molar-refractivity contribution >= 4 is 15.9 Å². The van der Waals surface area contributed by atoms with Gasteiger partial charge in [-0.1, -0.05) is 0 Å². The zero-order chi connectivity index (χ0) is 12.2. The topological polar surface area (TPSA) is 78.5 Å². The third kappa shape index (κ3) is 4.80. The molecule has 1 fully saturated rings. The highest BCUT2D eigenvalue weighted by atomic mass is 32.2. The van der Waals surface area contributed by atoms with E-state index in [1.54, 1.807) is 4.90 Å². The van der Waals surface area contributed by atoms with Gasteiger partial charge in [0, 0.05) is 38.5 Å². The van der Waals surface area contributed by atoms with Crippen molar-refractivity contribution in [3.63, 3.8) is 0 Å². The maximum atomic E-state index is 11.2. The molecule has 2 N–H and O–H groups in total. The summed E-state index contributed by atoms with van der Waals surface area (Å²) in [5.41, 5.74) is 0. The zero-order valence-corrected chi connectivity index (χ0v) is 10.5. The Labute approximate surface area is 96.3 Å². The molecule has 7 heteroatoms. The number of nitrogens with one attached hydrogen (secondary N) is 2. The van der Waals surface area contributed by atoms with Gasteiger partial charge in [-0.15, -0.1) is 0 Å². The summed E-state index contributed by atoms with van der Waals surface area (Å²) >= 11 is 0. The summed E-state index contributed by atoms with van der Waals surface area (Å²) in [4.78, 5) is 12.9. The smallest absolute Gasteiger partial charge is 0.317 e. The third-order valence-electron chi connectivity index (χ3n) is 2.37. The van der Waals surface area contributed by atoms with Crippen LogP contribution in [0.4, 0.5) is 4.79 Å². The van der Waals surface area contributed by atoms with Gasteiger partial charge in [0.2, 0.25) is 0 Å². The van der Waals surface area contributed by atoms with E-state index in [-0.39, 0.29) is 17.8 Å². The number of hydrogen-bond donors (Lipinski definition) is 2. The molecule has 0 aliphatic carbocycles. The second-order valence-corrected chi connectivity index (χ2v) is 6.35. The Balaban J connectivity index is 2.17. The molecule has 1 unspecified atom stereocenters. The van der Waals surface area contributed by atoms with Crippen molar-refractivity contribution in [1.82, 2.24) is 15.5 Å². The molecule has 1 rings (SSSR count). The molecule has 0 aromatic carbocycles. The summed E-state index contributed by atoms with van der Waals surface area (Å²) in [5, 5.41) is 5.80. The van der Waals surface area contributed by atoms with Gasteiger partial charge in [-0.25, -0.2) is 13.2 Å². The number of rotatable bonds is 6. The van der Waals surface area contributed by atoms with Gasteiger partial charge in [0.25, 0.3) is 0 Å². The van der Waals surface area contributed by atoms with Crippen LogP contribution in [0, 0.1) is 0 Å². The summed E-state index contributed by atoms with van der Waals surface area (Å²) in [6.45, 7) is 4.47. The van der Waals surface area contributed by atoms with Gasteiger partial charge >= 0.3 is 6.03 Å². The Morgan fingerprint density at radius 3 is 2.75 bits per heavy atom. The summed E-state index contributed by atoms with van der Waals surface area (Å²) in [7, 11) is -2.94. The number of sulfone groups is 1. The second-order valence-electron chi connectivity index (χ2n) is 4.17. The average molecular weight is 249 g/mol. The molecular weight excluding hydrogens is 230 g/mol. The van der Waals surface area contributed by atoms with Crippen LogP contribution in [-0.4, -0.2) is 63.6 Å². The molecule has 16 heavy (non-hydrogen) atoms. The van der Waals surface area contributed by atoms with Crippen LogP contribution in [-0.2, 0) is 9.84 Å². The van der Waals surface area contributed by atoms with E-state index in [9.17, 15) is 13.2 Å². The maximum absolute atomic E-state index is 11.2. The largest absolute Gasteiger partial charge is 0.336 e. The molecule has 0 spiro atoms. The van der Waals surface area contributed by atoms with Gasteiger partial charge in [0.15, 0.2) is 0 Å². The van der Waals surface area contributed by atoms with Crippen molar-refractivity contribution in [2.75, 3.05) is 38.2 Å². The highest BCUT2D eigenvalue weighted by Crippen LogP contribution is 1.95. The van der Waals surface area contributed by atoms with Crippen LogP contribution in [0.5, 0.6) is 0 Å². The lowest BCUT2D eigenvalue weighted by Gasteiger charge is -2.17. The number of hydrogen-bond acceptors (Lipinski definition) is 4. The van der Waals surface area contributed by atoms with Crippen LogP contribution in [0.25, 0.3) is 0 Å². The molecule has 1 saturated heterocycles. The Morgan fingerprint density at radius 1 is 1.56 bits per heavy atom. The average Bonchev–Trinajstić information content (AvgIpc) is 2.48. The number of urea groups is 1. The molecule has 1 atom stereocenters. The number of amides is 2. The Morgan fingerprint density at radius 2 is 2.25 bits per heavy atom. The molecule has 1 heterocycles. The van der Waals surface area contributed by atoms with Gasteiger partial charge in [0.05, 0.1) is 5.75 Å². The van der Waals surface area contributed by atoms with Crippen LogP contribution in [0.1, 0.15) is 6.92 Å². The van der Waals surface area contributed by atoms with Crippen LogP contribution in [0.2, 0.25) is 0 Å². The summed E-state index contributed by atoms with van der Waals surface area (Å²) in [6, 6.07) is -0.127. The van der Waals surface area contributed by atoms with E-state index >= 15 is 0 Å². The van der Waals surface area contributed by atoms with Crippen molar-refractivity contribution in [3.05, 3.63) is 0 Å². The highest BCUT2D eigenvalue weighted by molar-refractivity contribution is 7.90. The SMILES string of the molecule is CC(CS(C)(=O)=O)NCCN1CCNC1=O. The van der Waals surface area contributed by atoms with E-state index in [0.717, 1.165) is 6.54 Å². The Kier molecular flexibility index (Phi) is 4.55. The predicted octanol–water partition coefficient (Wildman–Crippen LogP) is -0.966. The predicted molar refractivity (Wildman–Crippen MR) is 62.1 cm³/mol. The summed E-state index contributed by atoms with van der Waals surface area (Å²) in [5.74, 6) is 0.124. The van der Waals surface area contributed by atoms with E-state index in [1.165, 1.54) is 6.26 Å². The molecular formula is C9H19N3O3S. The lowest BCUT2D eigenvalue weighted by molar-refractivity contribution is 0.217. The van der Waals surface area contributed by atoms with Crippen molar-refractivity contribution in [2.45, 2.75) is 13.0 Å². The number of nitrogens with zero attached hydrogens (tertiary/aromatic N) is 1. The fourth-order valence-corrected chi connectivity index (χ4v) is 2.71. The van der Waals surface area contributed by atoms with Gasteiger partial charge in [-0.3, -0.25) is 0 Å². The number of carbonyl (C=O) groups is 1. The highest BCUT2D eigenvalue weighted by Gasteiger charge is 2.18. The Bertz CT molecular complexity index is 342. The standard InChI is InChI=1S/C9H19N3O3S/c1-8(7-16(2,14)15)10-3-5-12-6-4-11-9(12)13/h8,10H,3-7H2,1-2H3,(H,11,13). The van der Waals surface area contributed by atoms with Gasteiger partial charge < -0.3 is 15.5 Å². The van der Waals surface area contributed by atoms with Crippen LogP contribution < -0.4 is 10.6 Å². The minimum Gasteiger partial charge on any atom is -0.336 e. The van der Waals surface area contributed by atoms with Crippen LogP contribution in [0.15, 0.2) is 0 Å². The Hall–Kier alpha value is -0.820. The molecule has 0 aromatic rings. The first-order valence-corrected chi connectivity index (χ1v) is 7.38. The third-order valence-corrected chi connectivity index (χ3v) is 3.48. The molecule has 0 aromatic heterocycles. The summed E-state index contributed by atoms with van der Waals surface area (Å²) < 4.78 is 22.0. The first-order valence-electron chi connectivity index (χ1n) is 5.32. The maximum Gasteiger partial charge on any atom is 0.317 e. The van der Waals surface area contributed by atoms with E-state index in [4.69, 9.17) is 0 Å². The quantitative estimate of drug-likeness (QED) is 0.635. The van der Waals surface area contributed by atoms with Gasteiger partial charge in [-0.2, -0.15) is 0 Å². The van der Waals surface area contributed by atoms with Crippen LogP contribution in [0.3, 0.4) is 0 Å². The minimum absolute atomic E-state index is 0.0439. The monoisotopic (exact) mass is 249 g/mol. The second kappa shape index (κ2) is 5.49. The molecule has 0 bridgehead atoms. The van der Waals surface area contributed by atoms with Crippen molar-refractivity contribution in [1.29, 1.82) is 0 Å². The first kappa shape index (κ1) is 13.2.